The summed E-state index contributed by atoms with van der Waals surface area (Å²) in [4.78, 5) is 15.0. The predicted octanol–water partition coefficient (Wildman–Crippen LogP) is 3.44. The van der Waals surface area contributed by atoms with Crippen molar-refractivity contribution in [3.8, 4) is 0 Å². The Balaban J connectivity index is 1.92. The van der Waals surface area contributed by atoms with Gasteiger partial charge in [0, 0.05) is 29.2 Å². The molecule has 0 spiro atoms. The third kappa shape index (κ3) is 3.97. The van der Waals surface area contributed by atoms with E-state index in [2.05, 4.69) is 14.7 Å². The number of halogens is 1. The average Bonchev–Trinajstić information content (AvgIpc) is 2.75. The molecule has 18 heavy (non-hydrogen) atoms. The highest BCUT2D eigenvalue weighted by Gasteiger charge is 2.06. The number of amides is 1. The molecule has 0 saturated carbocycles. The van der Waals surface area contributed by atoms with Crippen molar-refractivity contribution in [3.63, 3.8) is 0 Å². The van der Waals surface area contributed by atoms with Crippen LogP contribution in [0.5, 0.6) is 0 Å². The fourth-order valence-electron chi connectivity index (χ4n) is 1.20. The summed E-state index contributed by atoms with van der Waals surface area (Å²) in [5.41, 5.74) is 1.15. The molecule has 0 fully saturated rings. The van der Waals surface area contributed by atoms with Gasteiger partial charge in [-0.3, -0.25) is 4.79 Å². The van der Waals surface area contributed by atoms with Gasteiger partial charge >= 0.3 is 0 Å². The smallest absolute Gasteiger partial charge is 0.223 e. The molecule has 1 amide bonds. The van der Waals surface area contributed by atoms with Crippen molar-refractivity contribution in [3.05, 3.63) is 34.9 Å². The van der Waals surface area contributed by atoms with E-state index in [-0.39, 0.29) is 5.91 Å². The van der Waals surface area contributed by atoms with Gasteiger partial charge in [0.25, 0.3) is 0 Å². The molecule has 0 unspecified atom stereocenters. The van der Waals surface area contributed by atoms with Gasteiger partial charge in [-0.05, 0) is 17.7 Å². The molecule has 7 heteroatoms. The van der Waals surface area contributed by atoms with Crippen LogP contribution in [-0.4, -0.2) is 15.3 Å². The number of anilines is 1. The zero-order valence-corrected chi connectivity index (χ0v) is 11.9. The van der Waals surface area contributed by atoms with Crippen molar-refractivity contribution in [1.29, 1.82) is 0 Å². The lowest BCUT2D eigenvalue weighted by Gasteiger charge is -1.98. The monoisotopic (exact) mass is 299 g/mol. The van der Waals surface area contributed by atoms with Crippen LogP contribution in [-0.2, 0) is 10.5 Å². The third-order valence-corrected chi connectivity index (χ3v) is 3.89. The molecular formula is C11H10ClN3OS2. The summed E-state index contributed by atoms with van der Waals surface area (Å²) in [7, 11) is 0. The van der Waals surface area contributed by atoms with Crippen LogP contribution in [0.25, 0.3) is 0 Å². The van der Waals surface area contributed by atoms with Crippen molar-refractivity contribution in [1.82, 2.24) is 9.36 Å². The second-order valence-electron chi connectivity index (χ2n) is 3.48. The Morgan fingerprint density at radius 1 is 1.44 bits per heavy atom. The van der Waals surface area contributed by atoms with Crippen LogP contribution in [0.3, 0.4) is 0 Å². The molecule has 0 bridgehead atoms. The Hall–Kier alpha value is -1.11. The number of carbonyl (C=O) groups excluding carboxylic acids is 1. The van der Waals surface area contributed by atoms with E-state index in [9.17, 15) is 4.79 Å². The molecule has 1 aromatic carbocycles. The topological polar surface area (TPSA) is 54.9 Å². The van der Waals surface area contributed by atoms with Crippen LogP contribution in [0.15, 0.2) is 29.4 Å². The fourth-order valence-corrected chi connectivity index (χ4v) is 2.87. The summed E-state index contributed by atoms with van der Waals surface area (Å²) in [6.45, 7) is 1.45. The second kappa shape index (κ2) is 6.17. The number of benzene rings is 1. The first kappa shape index (κ1) is 13.3. The highest BCUT2D eigenvalue weighted by Crippen LogP contribution is 2.24. The molecule has 4 nitrogen and oxygen atoms in total. The summed E-state index contributed by atoms with van der Waals surface area (Å²) in [5.74, 6) is 0.633. The minimum absolute atomic E-state index is 0.139. The van der Waals surface area contributed by atoms with Gasteiger partial charge < -0.3 is 5.32 Å². The maximum absolute atomic E-state index is 10.8. The number of rotatable bonds is 4. The maximum atomic E-state index is 10.8. The van der Waals surface area contributed by atoms with Gasteiger partial charge in [0.05, 0.1) is 0 Å². The number of aromatic nitrogens is 2. The number of carbonyl (C=O) groups is 1. The molecule has 94 valence electrons. The lowest BCUT2D eigenvalue weighted by atomic mass is 10.2. The zero-order valence-electron chi connectivity index (χ0n) is 9.51. The predicted molar refractivity (Wildman–Crippen MR) is 75.2 cm³/mol. The number of hydrogen-bond acceptors (Lipinski definition) is 5. The lowest BCUT2D eigenvalue weighted by molar-refractivity contribution is -0.114. The number of nitrogens with zero attached hydrogens (tertiary/aromatic N) is 2. The normalized spacial score (nSPS) is 10.3. The average molecular weight is 300 g/mol. The van der Waals surface area contributed by atoms with Gasteiger partial charge in [0.15, 0.2) is 0 Å². The number of thioether (sulfide) groups is 1. The van der Waals surface area contributed by atoms with Gasteiger partial charge in [-0.1, -0.05) is 35.5 Å². The largest absolute Gasteiger partial charge is 0.301 e. The van der Waals surface area contributed by atoms with Crippen molar-refractivity contribution in [2.24, 2.45) is 0 Å². The standard InChI is InChI=1S/C11H10ClN3OS2/c1-7(16)13-10-14-11(15-18-10)17-6-8-2-4-9(12)5-3-8/h2-5H,6H2,1H3,(H,13,14,15,16). The number of hydrogen-bond donors (Lipinski definition) is 1. The van der Waals surface area contributed by atoms with Crippen molar-refractivity contribution >= 4 is 45.9 Å². The van der Waals surface area contributed by atoms with Gasteiger partial charge in [0.2, 0.25) is 16.2 Å². The molecule has 0 atom stereocenters. The van der Waals surface area contributed by atoms with Crippen molar-refractivity contribution in [2.45, 2.75) is 17.8 Å². The quantitative estimate of drug-likeness (QED) is 0.879. The fraction of sp³-hybridized carbons (Fsp3) is 0.182. The summed E-state index contributed by atoms with van der Waals surface area (Å²) < 4.78 is 4.15. The van der Waals surface area contributed by atoms with Crippen LogP contribution < -0.4 is 5.32 Å². The van der Waals surface area contributed by atoms with Gasteiger partial charge in [0.1, 0.15) is 0 Å². The Morgan fingerprint density at radius 3 is 2.83 bits per heavy atom. The van der Waals surface area contributed by atoms with Gasteiger partial charge in [-0.15, -0.1) is 0 Å². The first-order valence-electron chi connectivity index (χ1n) is 5.12. The van der Waals surface area contributed by atoms with Crippen LogP contribution in [0, 0.1) is 0 Å². The zero-order chi connectivity index (χ0) is 13.0. The lowest BCUT2D eigenvalue weighted by Crippen LogP contribution is -2.04. The van der Waals surface area contributed by atoms with Crippen molar-refractivity contribution in [2.75, 3.05) is 5.32 Å². The molecule has 1 heterocycles. The van der Waals surface area contributed by atoms with E-state index in [0.717, 1.165) is 16.3 Å². The first-order valence-corrected chi connectivity index (χ1v) is 7.26. The molecule has 1 aromatic heterocycles. The highest BCUT2D eigenvalue weighted by molar-refractivity contribution is 7.98. The van der Waals surface area contributed by atoms with E-state index in [1.165, 1.54) is 30.2 Å². The van der Waals surface area contributed by atoms with Gasteiger partial charge in [-0.25, -0.2) is 0 Å². The van der Waals surface area contributed by atoms with E-state index in [4.69, 9.17) is 11.6 Å². The highest BCUT2D eigenvalue weighted by atomic mass is 35.5. The van der Waals surface area contributed by atoms with Crippen LogP contribution in [0.4, 0.5) is 5.13 Å². The molecule has 0 aliphatic rings. The summed E-state index contributed by atoms with van der Waals surface area (Å²) in [6.07, 6.45) is 0. The Morgan fingerprint density at radius 2 is 2.17 bits per heavy atom. The Kier molecular flexibility index (Phi) is 4.57. The van der Waals surface area contributed by atoms with E-state index >= 15 is 0 Å². The first-order chi connectivity index (χ1) is 8.63. The van der Waals surface area contributed by atoms with E-state index in [0.29, 0.717) is 10.3 Å². The van der Waals surface area contributed by atoms with Gasteiger partial charge in [-0.2, -0.15) is 9.36 Å². The summed E-state index contributed by atoms with van der Waals surface area (Å²) in [5, 5.41) is 4.53. The minimum atomic E-state index is -0.139. The molecular weight excluding hydrogens is 290 g/mol. The van der Waals surface area contributed by atoms with E-state index in [1.807, 2.05) is 24.3 Å². The molecule has 0 saturated heterocycles. The van der Waals surface area contributed by atoms with Crippen LogP contribution in [0.1, 0.15) is 12.5 Å². The Labute approximate surface area is 118 Å². The molecule has 1 N–H and O–H groups in total. The molecule has 0 aliphatic heterocycles. The van der Waals surface area contributed by atoms with Crippen molar-refractivity contribution < 1.29 is 4.79 Å². The SMILES string of the molecule is CC(=O)Nc1nc(SCc2ccc(Cl)cc2)ns1. The minimum Gasteiger partial charge on any atom is -0.301 e. The second-order valence-corrected chi connectivity index (χ2v) is 5.61. The van der Waals surface area contributed by atoms with E-state index < -0.39 is 0 Å². The molecule has 0 aliphatic carbocycles. The molecule has 2 rings (SSSR count). The summed E-state index contributed by atoms with van der Waals surface area (Å²) in [6, 6.07) is 7.65. The van der Waals surface area contributed by atoms with E-state index in [1.54, 1.807) is 0 Å². The maximum Gasteiger partial charge on any atom is 0.223 e. The third-order valence-electron chi connectivity index (χ3n) is 1.97. The molecule has 0 radical (unpaired) electrons. The number of nitrogens with one attached hydrogen (secondary N) is 1. The van der Waals surface area contributed by atoms with Crippen LogP contribution >= 0.6 is 34.9 Å². The molecule has 2 aromatic rings. The van der Waals surface area contributed by atoms with Crippen LogP contribution in [0.2, 0.25) is 5.02 Å². The summed E-state index contributed by atoms with van der Waals surface area (Å²) >= 11 is 8.51. The Bertz CT molecular complexity index is 541.